The molecular formula is C55H73N15O13S. The Bertz CT molecular complexity index is 3090. The molecule has 1 unspecified atom stereocenters. The largest absolute Gasteiger partial charge is 0.484 e. The van der Waals surface area contributed by atoms with E-state index < -0.39 is 132 Å². The average Bonchev–Trinajstić information content (AvgIpc) is 4.32. The van der Waals surface area contributed by atoms with Gasteiger partial charge >= 0.3 is 5.97 Å². The maximum absolute atomic E-state index is 14.3. The van der Waals surface area contributed by atoms with Crippen LogP contribution in [0.5, 0.6) is 11.5 Å². The first kappa shape index (κ1) is 64.3. The lowest BCUT2D eigenvalue weighted by atomic mass is 9.94. The number of carbonyl (C=O) groups is 11. The first-order chi connectivity index (χ1) is 40.0. The number of hydrogen-bond acceptors (Lipinski definition) is 17. The summed E-state index contributed by atoms with van der Waals surface area (Å²) in [6.07, 6.45) is 5.94. The van der Waals surface area contributed by atoms with Gasteiger partial charge in [-0.05, 0) is 73.3 Å². The van der Waals surface area contributed by atoms with Crippen LogP contribution in [0.25, 0.3) is 10.9 Å². The molecule has 452 valence electrons. The first-order valence-electron chi connectivity index (χ1n) is 27.3. The Morgan fingerprint density at radius 2 is 1.44 bits per heavy atom. The van der Waals surface area contributed by atoms with Gasteiger partial charge in [0.25, 0.3) is 5.91 Å². The van der Waals surface area contributed by atoms with Crippen molar-refractivity contribution in [2.45, 2.75) is 134 Å². The second-order valence-corrected chi connectivity index (χ2v) is 22.1. The van der Waals surface area contributed by atoms with E-state index >= 15 is 0 Å². The SMILES string of the molecule is CSCC[C@H](NC(=O)[C@H](CC(C)C)NC(=O)[C@H](Cc1cnc[nH]1)NC(=O)CNC(=O)[C@@H](NC(=O)[C@H](C)NC(=O)[C@H](Cc1c[nH]c2ccccc12)NC(=O)[C@H](CCC(N)=O)NC(=O)COc1cc2c3c(c1)OC(=O)CC3N=NC2)C(C)C)C(N)=O. The number of fused-ring (bicyclic) bond motifs is 1. The van der Waals surface area contributed by atoms with Crippen molar-refractivity contribution in [3.63, 3.8) is 0 Å². The predicted molar refractivity (Wildman–Crippen MR) is 305 cm³/mol. The number of nitrogens with two attached hydrogens (primary N) is 2. The lowest BCUT2D eigenvalue weighted by Crippen LogP contribution is -2.59. The normalized spacial score (nSPS) is 15.8. The van der Waals surface area contributed by atoms with E-state index in [1.807, 2.05) is 26.2 Å². The molecule has 6 rings (SSSR count). The Balaban J connectivity index is 1.09. The van der Waals surface area contributed by atoms with Crippen molar-refractivity contribution in [2.24, 2.45) is 33.5 Å². The van der Waals surface area contributed by atoms with Crippen LogP contribution in [0.2, 0.25) is 0 Å². The minimum absolute atomic E-state index is 0.0295. The van der Waals surface area contributed by atoms with Gasteiger partial charge in [-0.1, -0.05) is 45.9 Å². The summed E-state index contributed by atoms with van der Waals surface area (Å²) in [5.41, 5.74) is 14.2. The molecule has 0 radical (unpaired) electrons. The summed E-state index contributed by atoms with van der Waals surface area (Å²) in [5, 5.41) is 29.8. The number of para-hydroxylation sites is 1. The van der Waals surface area contributed by atoms with Crippen molar-refractivity contribution >= 4 is 87.7 Å². The minimum Gasteiger partial charge on any atom is -0.484 e. The van der Waals surface area contributed by atoms with Gasteiger partial charge < -0.3 is 73.4 Å². The van der Waals surface area contributed by atoms with Gasteiger partial charge in [-0.15, -0.1) is 0 Å². The van der Waals surface area contributed by atoms with Crippen molar-refractivity contribution < 1.29 is 62.2 Å². The topological polar surface area (TPSA) is 424 Å². The number of carbonyl (C=O) groups excluding carboxylic acids is 11. The van der Waals surface area contributed by atoms with Crippen molar-refractivity contribution in [3.05, 3.63) is 77.5 Å². The number of benzene rings is 2. The maximum atomic E-state index is 14.3. The van der Waals surface area contributed by atoms with Crippen LogP contribution < -0.4 is 63.5 Å². The Labute approximate surface area is 487 Å². The third-order valence-electron chi connectivity index (χ3n) is 13.7. The number of nitrogens with zero attached hydrogens (tertiary/aromatic N) is 3. The monoisotopic (exact) mass is 1180 g/mol. The van der Waals surface area contributed by atoms with Crippen LogP contribution in [0.3, 0.4) is 0 Å². The van der Waals surface area contributed by atoms with E-state index in [9.17, 15) is 52.7 Å². The lowest BCUT2D eigenvalue weighted by Gasteiger charge is -2.27. The smallest absolute Gasteiger partial charge is 0.313 e. The summed E-state index contributed by atoms with van der Waals surface area (Å²) < 4.78 is 11.2. The number of imidazole rings is 1. The molecule has 2 aromatic heterocycles. The number of aromatic amines is 2. The zero-order valence-corrected chi connectivity index (χ0v) is 48.3. The van der Waals surface area contributed by atoms with Crippen LogP contribution in [-0.2, 0) is 72.1 Å². The molecule has 0 aliphatic carbocycles. The van der Waals surface area contributed by atoms with Gasteiger partial charge in [-0.25, -0.2) is 4.98 Å². The summed E-state index contributed by atoms with van der Waals surface area (Å²) in [5.74, 6) is -8.06. The van der Waals surface area contributed by atoms with Gasteiger partial charge in [-0.3, -0.25) is 52.7 Å². The summed E-state index contributed by atoms with van der Waals surface area (Å²) in [6.45, 7) is 7.20. The molecule has 0 saturated heterocycles. The number of hydrogen-bond donors (Lipinski definition) is 12. The molecule has 2 aliphatic heterocycles. The lowest BCUT2D eigenvalue weighted by molar-refractivity contribution is -0.136. The number of azo groups is 1. The fourth-order valence-electron chi connectivity index (χ4n) is 9.32. The molecule has 0 spiro atoms. The van der Waals surface area contributed by atoms with Crippen LogP contribution in [0.4, 0.5) is 0 Å². The molecule has 28 nitrogen and oxygen atoms in total. The number of esters is 1. The number of ether oxygens (including phenoxy) is 2. The third-order valence-corrected chi connectivity index (χ3v) is 14.3. The van der Waals surface area contributed by atoms with E-state index in [2.05, 4.69) is 67.7 Å². The average molecular weight is 1180 g/mol. The Hall–Kier alpha value is -8.89. The number of H-pyrrole nitrogens is 2. The van der Waals surface area contributed by atoms with Gasteiger partial charge in [-0.2, -0.15) is 22.0 Å². The second-order valence-electron chi connectivity index (χ2n) is 21.2. The summed E-state index contributed by atoms with van der Waals surface area (Å²) in [7, 11) is 0. The zero-order valence-electron chi connectivity index (χ0n) is 47.5. The maximum Gasteiger partial charge on any atom is 0.313 e. The number of nitrogens with one attached hydrogen (secondary N) is 10. The summed E-state index contributed by atoms with van der Waals surface area (Å²) in [6, 6.07) is 0.974. The molecule has 10 amide bonds. The fraction of sp³-hybridized carbons (Fsp3) is 0.491. The summed E-state index contributed by atoms with van der Waals surface area (Å²) in [4.78, 5) is 157. The Kier molecular flexibility index (Phi) is 23.3. The Morgan fingerprint density at radius 3 is 2.13 bits per heavy atom. The Morgan fingerprint density at radius 1 is 0.762 bits per heavy atom. The minimum atomic E-state index is -1.43. The fourth-order valence-corrected chi connectivity index (χ4v) is 9.79. The standard InChI is InChI=1S/C55H73N15O13S/c1-27(2)15-39(53(79)66-36(49(57)75)13-14-84-6)67-54(80)41(18-32-23-58-26-61-32)65-44(72)24-60-55(81)48(28(3)4)69-50(76)29(5)63-52(78)40(17-30-21-59-35-10-8-7-9-34(30)35)68-51(77)37(11-12-43(56)71)64-45(73)25-82-33-16-31-22-62-70-38-20-46(74)83-42(19-33)47(31)38/h7-10,16,19,21,23,26-29,36-41,48,59H,11-15,17-18,20,22,24-25H2,1-6H3,(H2,56,71)(H2,57,75)(H,58,61)(H,60,81)(H,63,78)(H,64,73)(H,65,72)(H,66,79)(H,67,80)(H,68,77)(H,69,76)/t29-,36-,37-,38?,39-,40-,41-,48-/m0/s1. The van der Waals surface area contributed by atoms with Crippen molar-refractivity contribution in [3.8, 4) is 11.5 Å². The number of aromatic nitrogens is 3. The van der Waals surface area contributed by atoms with Gasteiger partial charge in [0.1, 0.15) is 59.8 Å². The highest BCUT2D eigenvalue weighted by atomic mass is 32.2. The van der Waals surface area contributed by atoms with E-state index in [1.165, 1.54) is 37.3 Å². The second kappa shape index (κ2) is 30.4. The van der Waals surface area contributed by atoms with E-state index in [4.69, 9.17) is 20.9 Å². The molecule has 8 atom stereocenters. The highest BCUT2D eigenvalue weighted by molar-refractivity contribution is 7.98. The third kappa shape index (κ3) is 18.6. The quantitative estimate of drug-likeness (QED) is 0.0223. The van der Waals surface area contributed by atoms with Crippen LogP contribution in [0, 0.1) is 11.8 Å². The van der Waals surface area contributed by atoms with Gasteiger partial charge in [0.2, 0.25) is 53.2 Å². The number of primary amides is 2. The van der Waals surface area contributed by atoms with Crippen molar-refractivity contribution in [2.75, 3.05) is 25.2 Å². The predicted octanol–water partition coefficient (Wildman–Crippen LogP) is -0.193. The number of rotatable bonds is 32. The number of thioether (sulfide) groups is 1. The molecule has 4 aromatic rings. The molecular weight excluding hydrogens is 1110 g/mol. The molecule has 2 aromatic carbocycles. The van der Waals surface area contributed by atoms with Crippen LogP contribution >= 0.6 is 11.8 Å². The molecule has 0 fully saturated rings. The molecule has 14 N–H and O–H groups in total. The van der Waals surface area contributed by atoms with E-state index in [1.54, 1.807) is 44.3 Å². The summed E-state index contributed by atoms with van der Waals surface area (Å²) >= 11 is 1.46. The van der Waals surface area contributed by atoms with E-state index in [0.717, 1.165) is 10.9 Å². The highest BCUT2D eigenvalue weighted by Crippen LogP contribution is 2.43. The van der Waals surface area contributed by atoms with Crippen molar-refractivity contribution in [1.29, 1.82) is 0 Å². The van der Waals surface area contributed by atoms with Gasteiger partial charge in [0.15, 0.2) is 6.61 Å². The number of amides is 10. The molecule has 0 bridgehead atoms. The highest BCUT2D eigenvalue weighted by Gasteiger charge is 2.35. The van der Waals surface area contributed by atoms with Crippen LogP contribution in [0.1, 0.15) is 95.1 Å². The zero-order chi connectivity index (χ0) is 61.2. The van der Waals surface area contributed by atoms with Crippen LogP contribution in [0.15, 0.2) is 65.3 Å². The molecule has 0 saturated carbocycles. The van der Waals surface area contributed by atoms with Crippen molar-refractivity contribution in [1.82, 2.24) is 57.5 Å². The van der Waals surface area contributed by atoms with E-state index in [0.29, 0.717) is 28.1 Å². The van der Waals surface area contributed by atoms with Gasteiger partial charge in [0, 0.05) is 59.9 Å². The van der Waals surface area contributed by atoms with E-state index in [-0.39, 0.29) is 68.9 Å². The molecule has 29 heteroatoms. The van der Waals surface area contributed by atoms with Crippen LogP contribution in [-0.4, -0.2) is 147 Å². The van der Waals surface area contributed by atoms with Gasteiger partial charge in [0.05, 0.1) is 25.8 Å². The molecule has 4 heterocycles. The molecule has 84 heavy (non-hydrogen) atoms. The molecule has 2 aliphatic rings. The first-order valence-corrected chi connectivity index (χ1v) is 28.7.